The number of amides is 1. The quantitative estimate of drug-likeness (QED) is 0.732. The molecule has 1 saturated heterocycles. The van der Waals surface area contributed by atoms with E-state index in [-0.39, 0.29) is 24.4 Å². The van der Waals surface area contributed by atoms with Gasteiger partial charge in [-0.2, -0.15) is 0 Å². The second-order valence-electron chi connectivity index (χ2n) is 7.84. The molecule has 0 saturated carbocycles. The van der Waals surface area contributed by atoms with Gasteiger partial charge in [-0.1, -0.05) is 12.1 Å². The molecular weight excluding hydrogens is 371 g/mol. The van der Waals surface area contributed by atoms with E-state index in [1.807, 2.05) is 0 Å². The van der Waals surface area contributed by atoms with E-state index >= 15 is 0 Å². The molecule has 1 amide bonds. The van der Waals surface area contributed by atoms with Gasteiger partial charge in [0.2, 0.25) is 0 Å². The molecule has 150 valence electrons. The van der Waals surface area contributed by atoms with Crippen LogP contribution in [0.25, 0.3) is 11.1 Å². The predicted molar refractivity (Wildman–Crippen MR) is 98.5 cm³/mol. The van der Waals surface area contributed by atoms with E-state index in [1.165, 1.54) is 18.2 Å². The number of benzene rings is 2. The number of carbonyl (C=O) groups is 1. The standard InChI is InChI=1S/C21H22F3NO3/c1-21(2,3)28-20(26)25-10-13(11-25)12-27-19-7-5-15(9-18(19)24)14-4-6-16(22)17(23)8-14/h4-9,13H,10-12H2,1-3H3. The summed E-state index contributed by atoms with van der Waals surface area (Å²) >= 11 is 0. The lowest BCUT2D eigenvalue weighted by atomic mass is 10.0. The van der Waals surface area contributed by atoms with Gasteiger partial charge in [0.15, 0.2) is 23.2 Å². The first-order valence-corrected chi connectivity index (χ1v) is 8.98. The average Bonchev–Trinajstić information content (AvgIpc) is 2.55. The molecule has 7 heteroatoms. The molecule has 3 rings (SSSR count). The van der Waals surface area contributed by atoms with Gasteiger partial charge in [0.05, 0.1) is 6.61 Å². The highest BCUT2D eigenvalue weighted by Gasteiger charge is 2.34. The Morgan fingerprint density at radius 2 is 1.61 bits per heavy atom. The number of hydrogen-bond acceptors (Lipinski definition) is 3. The van der Waals surface area contributed by atoms with Gasteiger partial charge >= 0.3 is 6.09 Å². The summed E-state index contributed by atoms with van der Waals surface area (Å²) in [6.07, 6.45) is -0.370. The summed E-state index contributed by atoms with van der Waals surface area (Å²) in [6, 6.07) is 7.66. The molecule has 0 aromatic heterocycles. The Hall–Kier alpha value is -2.70. The molecule has 0 atom stereocenters. The molecule has 0 N–H and O–H groups in total. The van der Waals surface area contributed by atoms with Crippen molar-refractivity contribution < 1.29 is 27.4 Å². The molecule has 1 aliphatic rings. The topological polar surface area (TPSA) is 38.8 Å². The second-order valence-corrected chi connectivity index (χ2v) is 7.84. The van der Waals surface area contributed by atoms with E-state index in [1.54, 1.807) is 31.7 Å². The smallest absolute Gasteiger partial charge is 0.410 e. The molecule has 4 nitrogen and oxygen atoms in total. The number of halogens is 3. The van der Waals surface area contributed by atoms with Crippen LogP contribution in [0.4, 0.5) is 18.0 Å². The van der Waals surface area contributed by atoms with Crippen LogP contribution in [0.5, 0.6) is 5.75 Å². The summed E-state index contributed by atoms with van der Waals surface area (Å²) in [7, 11) is 0. The Balaban J connectivity index is 1.54. The van der Waals surface area contributed by atoms with Crippen LogP contribution in [-0.4, -0.2) is 36.3 Å². The van der Waals surface area contributed by atoms with Crippen LogP contribution in [0.3, 0.4) is 0 Å². The van der Waals surface area contributed by atoms with E-state index in [0.29, 0.717) is 24.2 Å². The van der Waals surface area contributed by atoms with E-state index in [0.717, 1.165) is 12.1 Å². The Bertz CT molecular complexity index is 874. The number of hydrogen-bond donors (Lipinski definition) is 0. The van der Waals surface area contributed by atoms with E-state index in [2.05, 4.69) is 0 Å². The minimum Gasteiger partial charge on any atom is -0.490 e. The minimum atomic E-state index is -0.988. The fourth-order valence-electron chi connectivity index (χ4n) is 2.83. The van der Waals surface area contributed by atoms with Gasteiger partial charge in [-0.15, -0.1) is 0 Å². The molecular formula is C21H22F3NO3. The fraction of sp³-hybridized carbons (Fsp3) is 0.381. The number of carbonyl (C=O) groups excluding carboxylic acids is 1. The van der Waals surface area contributed by atoms with Gasteiger partial charge in [0, 0.05) is 19.0 Å². The van der Waals surface area contributed by atoms with Crippen molar-refractivity contribution in [2.24, 2.45) is 5.92 Å². The summed E-state index contributed by atoms with van der Waals surface area (Å²) in [6.45, 7) is 6.65. The van der Waals surface area contributed by atoms with Crippen LogP contribution < -0.4 is 4.74 Å². The van der Waals surface area contributed by atoms with Gasteiger partial charge in [-0.05, 0) is 56.2 Å². The van der Waals surface area contributed by atoms with Crippen molar-refractivity contribution in [3.8, 4) is 16.9 Å². The van der Waals surface area contributed by atoms with Crippen LogP contribution in [0.2, 0.25) is 0 Å². The molecule has 28 heavy (non-hydrogen) atoms. The Morgan fingerprint density at radius 3 is 2.18 bits per heavy atom. The Labute approximate surface area is 161 Å². The molecule has 1 fully saturated rings. The zero-order chi connectivity index (χ0) is 20.5. The van der Waals surface area contributed by atoms with Gasteiger partial charge in [0.1, 0.15) is 5.60 Å². The van der Waals surface area contributed by atoms with Crippen molar-refractivity contribution in [2.75, 3.05) is 19.7 Å². The van der Waals surface area contributed by atoms with Crippen molar-refractivity contribution in [3.63, 3.8) is 0 Å². The maximum atomic E-state index is 14.3. The molecule has 2 aromatic carbocycles. The lowest BCUT2D eigenvalue weighted by Crippen LogP contribution is -2.53. The summed E-state index contributed by atoms with van der Waals surface area (Å²) in [4.78, 5) is 13.5. The summed E-state index contributed by atoms with van der Waals surface area (Å²) in [5.74, 6) is -2.37. The third-order valence-corrected chi connectivity index (χ3v) is 4.27. The number of nitrogens with zero attached hydrogens (tertiary/aromatic N) is 1. The summed E-state index contributed by atoms with van der Waals surface area (Å²) in [5, 5.41) is 0. The third-order valence-electron chi connectivity index (χ3n) is 4.27. The molecule has 2 aromatic rings. The highest BCUT2D eigenvalue weighted by molar-refractivity contribution is 5.69. The maximum absolute atomic E-state index is 14.3. The lowest BCUT2D eigenvalue weighted by molar-refractivity contribution is -0.00805. The van der Waals surface area contributed by atoms with Crippen molar-refractivity contribution >= 4 is 6.09 Å². The van der Waals surface area contributed by atoms with Crippen LogP contribution >= 0.6 is 0 Å². The first-order chi connectivity index (χ1) is 13.1. The predicted octanol–water partition coefficient (Wildman–Crippen LogP) is 5.02. The molecule has 1 aliphatic heterocycles. The zero-order valence-corrected chi connectivity index (χ0v) is 16.0. The van der Waals surface area contributed by atoms with Crippen LogP contribution in [0.15, 0.2) is 36.4 Å². The van der Waals surface area contributed by atoms with Crippen molar-refractivity contribution in [1.29, 1.82) is 0 Å². The fourth-order valence-corrected chi connectivity index (χ4v) is 2.83. The van der Waals surface area contributed by atoms with E-state index < -0.39 is 23.1 Å². The molecule has 0 unspecified atom stereocenters. The first-order valence-electron chi connectivity index (χ1n) is 8.98. The monoisotopic (exact) mass is 393 g/mol. The molecule has 0 radical (unpaired) electrons. The lowest BCUT2D eigenvalue weighted by Gasteiger charge is -2.39. The minimum absolute atomic E-state index is 0.0713. The summed E-state index contributed by atoms with van der Waals surface area (Å²) in [5.41, 5.74) is 0.247. The van der Waals surface area contributed by atoms with Gasteiger partial charge < -0.3 is 14.4 Å². The highest BCUT2D eigenvalue weighted by atomic mass is 19.2. The van der Waals surface area contributed by atoms with Gasteiger partial charge in [-0.25, -0.2) is 18.0 Å². The Kier molecular flexibility index (Phi) is 5.54. The Morgan fingerprint density at radius 1 is 1.00 bits per heavy atom. The maximum Gasteiger partial charge on any atom is 0.410 e. The van der Waals surface area contributed by atoms with Crippen LogP contribution in [0.1, 0.15) is 20.8 Å². The van der Waals surface area contributed by atoms with E-state index in [9.17, 15) is 18.0 Å². The third kappa shape index (κ3) is 4.77. The normalized spacial score (nSPS) is 14.6. The first kappa shape index (κ1) is 20.0. The average molecular weight is 393 g/mol. The van der Waals surface area contributed by atoms with Gasteiger partial charge in [-0.3, -0.25) is 0 Å². The van der Waals surface area contributed by atoms with Crippen molar-refractivity contribution in [1.82, 2.24) is 4.90 Å². The zero-order valence-electron chi connectivity index (χ0n) is 16.0. The molecule has 0 spiro atoms. The second kappa shape index (κ2) is 7.73. The molecule has 0 bridgehead atoms. The van der Waals surface area contributed by atoms with Crippen molar-refractivity contribution in [3.05, 3.63) is 53.8 Å². The molecule has 1 heterocycles. The van der Waals surface area contributed by atoms with Crippen LogP contribution in [0, 0.1) is 23.4 Å². The summed E-state index contributed by atoms with van der Waals surface area (Å²) < 4.78 is 51.5. The van der Waals surface area contributed by atoms with Gasteiger partial charge in [0.25, 0.3) is 0 Å². The van der Waals surface area contributed by atoms with Crippen molar-refractivity contribution in [2.45, 2.75) is 26.4 Å². The number of ether oxygens (including phenoxy) is 2. The highest BCUT2D eigenvalue weighted by Crippen LogP contribution is 2.28. The largest absolute Gasteiger partial charge is 0.490 e. The van der Waals surface area contributed by atoms with Crippen LogP contribution in [-0.2, 0) is 4.74 Å². The van der Waals surface area contributed by atoms with E-state index in [4.69, 9.17) is 9.47 Å². The molecule has 0 aliphatic carbocycles. The SMILES string of the molecule is CC(C)(C)OC(=O)N1CC(COc2ccc(-c3ccc(F)c(F)c3)cc2F)C1. The number of likely N-dealkylation sites (tertiary alicyclic amines) is 1. The number of rotatable bonds is 4.